The number of allylic oxidation sites excluding steroid dienone is 1. The van der Waals surface area contributed by atoms with Crippen molar-refractivity contribution in [1.29, 1.82) is 0 Å². The average molecular weight is 585 g/mol. The highest BCUT2D eigenvalue weighted by Gasteiger charge is 2.52. The molecule has 216 valence electrons. The van der Waals surface area contributed by atoms with Crippen molar-refractivity contribution in [3.05, 3.63) is 12.2 Å². The summed E-state index contributed by atoms with van der Waals surface area (Å²) in [6.07, 6.45) is 3.37. The van der Waals surface area contributed by atoms with Crippen LogP contribution in [-0.2, 0) is 38.2 Å². The van der Waals surface area contributed by atoms with Gasteiger partial charge in [-0.25, -0.2) is 0 Å². The van der Waals surface area contributed by atoms with Gasteiger partial charge in [0.05, 0.1) is 6.42 Å². The zero-order valence-electron chi connectivity index (χ0n) is 22.3. The van der Waals surface area contributed by atoms with Crippen LogP contribution in [0.15, 0.2) is 12.2 Å². The van der Waals surface area contributed by atoms with Gasteiger partial charge in [-0.05, 0) is 52.5 Å². The van der Waals surface area contributed by atoms with E-state index in [0.717, 1.165) is 0 Å². The average Bonchev–Trinajstić information content (AvgIpc) is 3.61. The summed E-state index contributed by atoms with van der Waals surface area (Å²) in [6.45, 7) is 4.74. The summed E-state index contributed by atoms with van der Waals surface area (Å²) in [5.41, 5.74) is -1.88. The Morgan fingerprint density at radius 1 is 1.10 bits per heavy atom. The first-order chi connectivity index (χ1) is 18.4. The van der Waals surface area contributed by atoms with E-state index in [4.69, 9.17) is 9.47 Å². The van der Waals surface area contributed by atoms with Gasteiger partial charge in [0.1, 0.15) is 35.9 Å². The van der Waals surface area contributed by atoms with Crippen LogP contribution in [0.1, 0.15) is 59.3 Å². The fourth-order valence-corrected chi connectivity index (χ4v) is 6.05. The Morgan fingerprint density at radius 2 is 1.85 bits per heavy atom. The quantitative estimate of drug-likeness (QED) is 0.208. The molecule has 2 fully saturated rings. The lowest BCUT2D eigenvalue weighted by molar-refractivity contribution is -0.155. The number of hydrogen-bond acceptors (Lipinski definition) is 10. The second kappa shape index (κ2) is 13.6. The van der Waals surface area contributed by atoms with Gasteiger partial charge in [-0.2, -0.15) is 0 Å². The maximum atomic E-state index is 13.3. The van der Waals surface area contributed by atoms with Crippen molar-refractivity contribution < 1.29 is 38.2 Å². The summed E-state index contributed by atoms with van der Waals surface area (Å²) in [4.78, 5) is 77.1. The van der Waals surface area contributed by atoms with Gasteiger partial charge in [-0.15, -0.1) is 0 Å². The molecule has 4 N–H and O–H groups in total. The molecule has 3 atom stereocenters. The summed E-state index contributed by atoms with van der Waals surface area (Å²) in [5, 5.41) is 10.5. The minimum absolute atomic E-state index is 0.0741. The molecule has 1 saturated carbocycles. The number of fused-ring (bicyclic) bond motifs is 7. The summed E-state index contributed by atoms with van der Waals surface area (Å²) in [6, 6.07) is -2.16. The molecule has 3 aliphatic rings. The van der Waals surface area contributed by atoms with Gasteiger partial charge >= 0.3 is 11.9 Å². The molecule has 0 unspecified atom stereocenters. The van der Waals surface area contributed by atoms with E-state index in [1.54, 1.807) is 32.9 Å². The van der Waals surface area contributed by atoms with E-state index >= 15 is 0 Å². The van der Waals surface area contributed by atoms with Gasteiger partial charge in [-0.1, -0.05) is 27.7 Å². The molecule has 0 aromatic carbocycles. The lowest BCUT2D eigenvalue weighted by Crippen LogP contribution is -2.59. The first-order valence-corrected chi connectivity index (χ1v) is 15.4. The highest BCUT2D eigenvalue weighted by atomic mass is 33.1. The second-order valence-electron chi connectivity index (χ2n) is 10.6. The fraction of sp³-hybridized carbons (Fsp3) is 0.680. The van der Waals surface area contributed by atoms with Gasteiger partial charge in [0.25, 0.3) is 0 Å². The normalized spacial score (nSPS) is 27.7. The molecule has 1 saturated heterocycles. The number of carbonyl (C=O) groups is 6. The van der Waals surface area contributed by atoms with Crippen molar-refractivity contribution in [1.82, 2.24) is 21.3 Å². The zero-order chi connectivity index (χ0) is 28.6. The summed E-state index contributed by atoms with van der Waals surface area (Å²) in [5.74, 6) is -2.71. The third-order valence-corrected chi connectivity index (χ3v) is 8.43. The van der Waals surface area contributed by atoms with Crippen molar-refractivity contribution in [2.75, 3.05) is 18.1 Å². The van der Waals surface area contributed by atoms with Crippen LogP contribution < -0.4 is 21.3 Å². The van der Waals surface area contributed by atoms with Crippen LogP contribution in [0.4, 0.5) is 0 Å². The standard InChI is InChI=1S/C25H36N4O8S2/c1-24(2,3)37-19(31)8-7-16-21(33)28-17-14-39-38-11-5-4-6-15(12-18(30)27-16)36-20(32)13-26-23(35)25(9-10-25)29-22(17)34/h4,6,15-17H,5,7-14H2,1-3H3,(H,26,35)(H,27,30)(H,28,33)(H,29,34)/b6-4+/t15-,16-,17-/m1/s1. The smallest absolute Gasteiger partial charge is 0.326 e. The molecule has 0 aromatic heterocycles. The van der Waals surface area contributed by atoms with E-state index in [2.05, 4.69) is 21.3 Å². The topological polar surface area (TPSA) is 169 Å². The maximum absolute atomic E-state index is 13.3. The molecule has 2 aliphatic heterocycles. The van der Waals surface area contributed by atoms with Gasteiger partial charge in [0, 0.05) is 17.9 Å². The van der Waals surface area contributed by atoms with Crippen molar-refractivity contribution in [3.8, 4) is 0 Å². The van der Waals surface area contributed by atoms with Gasteiger partial charge in [0.15, 0.2) is 0 Å². The highest BCUT2D eigenvalue weighted by molar-refractivity contribution is 8.76. The number of nitrogens with one attached hydrogen (secondary N) is 4. The Balaban J connectivity index is 1.89. The Labute approximate surface area is 235 Å². The minimum atomic E-state index is -1.16. The molecule has 12 nitrogen and oxygen atoms in total. The monoisotopic (exact) mass is 584 g/mol. The number of hydrogen-bond donors (Lipinski definition) is 4. The maximum Gasteiger partial charge on any atom is 0.326 e. The minimum Gasteiger partial charge on any atom is -0.460 e. The predicted molar refractivity (Wildman–Crippen MR) is 145 cm³/mol. The summed E-state index contributed by atoms with van der Waals surface area (Å²) in [7, 11) is 2.89. The van der Waals surface area contributed by atoms with Gasteiger partial charge < -0.3 is 30.7 Å². The van der Waals surface area contributed by atoms with Crippen LogP contribution in [0.3, 0.4) is 0 Å². The third kappa shape index (κ3) is 10.1. The van der Waals surface area contributed by atoms with Gasteiger partial charge in [-0.3, -0.25) is 28.8 Å². The van der Waals surface area contributed by atoms with Crippen molar-refractivity contribution in [2.24, 2.45) is 0 Å². The van der Waals surface area contributed by atoms with Crippen molar-refractivity contribution >= 4 is 57.2 Å². The first kappa shape index (κ1) is 30.8. The molecular weight excluding hydrogens is 548 g/mol. The van der Waals surface area contributed by atoms with Crippen LogP contribution in [0, 0.1) is 0 Å². The molecule has 1 aliphatic carbocycles. The molecule has 0 aromatic rings. The van der Waals surface area contributed by atoms with E-state index in [1.807, 2.05) is 0 Å². The molecule has 0 radical (unpaired) electrons. The number of rotatable bonds is 3. The largest absolute Gasteiger partial charge is 0.460 e. The van der Waals surface area contributed by atoms with E-state index in [-0.39, 0.29) is 25.0 Å². The second-order valence-corrected chi connectivity index (χ2v) is 13.2. The van der Waals surface area contributed by atoms with E-state index in [9.17, 15) is 28.8 Å². The number of esters is 2. The lowest BCUT2D eigenvalue weighted by Gasteiger charge is -2.26. The predicted octanol–water partition coefficient (Wildman–Crippen LogP) is 0.500. The molecule has 1 spiro atoms. The Bertz CT molecular complexity index is 1010. The molecular formula is C25H36N4O8S2. The Kier molecular flexibility index (Phi) is 10.7. The third-order valence-electron chi connectivity index (χ3n) is 5.99. The molecule has 14 heteroatoms. The SMILES string of the molecule is CC(C)(C)OC(=O)CC[C@H]1NC(=O)C[C@H]2/C=C/CCSSC[C@@H](NC1=O)C(=O)NC1(CC1)C(=O)NCC(=O)O2. The van der Waals surface area contributed by atoms with Crippen LogP contribution in [0.25, 0.3) is 0 Å². The highest BCUT2D eigenvalue weighted by Crippen LogP contribution is 2.36. The van der Waals surface area contributed by atoms with E-state index < -0.39 is 71.4 Å². The van der Waals surface area contributed by atoms with Crippen LogP contribution in [0.2, 0.25) is 0 Å². The number of carbonyl (C=O) groups excluding carboxylic acids is 6. The van der Waals surface area contributed by atoms with Crippen LogP contribution >= 0.6 is 21.6 Å². The summed E-state index contributed by atoms with van der Waals surface area (Å²) < 4.78 is 10.8. The molecule has 3 rings (SSSR count). The fourth-order valence-electron chi connectivity index (χ4n) is 3.89. The van der Waals surface area contributed by atoms with E-state index in [1.165, 1.54) is 21.6 Å². The van der Waals surface area contributed by atoms with Crippen molar-refractivity contribution in [2.45, 2.75) is 88.6 Å². The van der Waals surface area contributed by atoms with Crippen molar-refractivity contribution in [3.63, 3.8) is 0 Å². The molecule has 4 amide bonds. The number of amides is 4. The number of ether oxygens (including phenoxy) is 2. The van der Waals surface area contributed by atoms with Crippen LogP contribution in [-0.4, -0.2) is 82.9 Å². The molecule has 2 bridgehead atoms. The Hall–Kier alpha value is -2.74. The lowest BCUT2D eigenvalue weighted by atomic mass is 10.1. The molecule has 2 heterocycles. The van der Waals surface area contributed by atoms with Crippen LogP contribution in [0.5, 0.6) is 0 Å². The van der Waals surface area contributed by atoms with Gasteiger partial charge in [0.2, 0.25) is 23.6 Å². The first-order valence-electron chi connectivity index (χ1n) is 12.9. The zero-order valence-corrected chi connectivity index (χ0v) is 24.0. The molecule has 39 heavy (non-hydrogen) atoms. The summed E-state index contributed by atoms with van der Waals surface area (Å²) >= 11 is 0. The Morgan fingerprint density at radius 3 is 2.54 bits per heavy atom. The van der Waals surface area contributed by atoms with E-state index in [0.29, 0.717) is 25.0 Å².